The zero-order valence-corrected chi connectivity index (χ0v) is 8.47. The number of hydrogen-bond donors (Lipinski definition) is 2. The summed E-state index contributed by atoms with van der Waals surface area (Å²) in [7, 11) is 0. The fourth-order valence-corrected chi connectivity index (χ4v) is 1.14. The van der Waals surface area contributed by atoms with Crippen LogP contribution in [0, 0.1) is 10.1 Å². The van der Waals surface area contributed by atoms with Gasteiger partial charge in [-0.2, -0.15) is 4.68 Å². The maximum absolute atomic E-state index is 11.0. The van der Waals surface area contributed by atoms with Crippen molar-refractivity contribution >= 4 is 29.4 Å². The number of urea groups is 1. The first-order chi connectivity index (χ1) is 7.40. The Morgan fingerprint density at radius 2 is 2.31 bits per heavy atom. The number of halogens is 1. The lowest BCUT2D eigenvalue weighted by molar-refractivity contribution is -0.389. The van der Waals surface area contributed by atoms with Crippen LogP contribution in [0.4, 0.5) is 10.6 Å². The lowest BCUT2D eigenvalue weighted by Crippen LogP contribution is -2.37. The minimum atomic E-state index is -1.02. The van der Waals surface area contributed by atoms with E-state index >= 15 is 0 Å². The maximum Gasteiger partial charge on any atom is 0.408 e. The molecule has 3 amide bonds. The van der Waals surface area contributed by atoms with E-state index in [1.807, 2.05) is 0 Å². The van der Waals surface area contributed by atoms with Crippen LogP contribution in [-0.4, -0.2) is 26.6 Å². The van der Waals surface area contributed by atoms with Gasteiger partial charge in [-0.05, 0) is 4.92 Å². The van der Waals surface area contributed by atoms with E-state index in [-0.39, 0.29) is 5.02 Å². The monoisotopic (exact) mass is 247 g/mol. The molecule has 10 heteroatoms. The average Bonchev–Trinajstić information content (AvgIpc) is 2.44. The Morgan fingerprint density at radius 3 is 2.75 bits per heavy atom. The summed E-state index contributed by atoms with van der Waals surface area (Å²) in [6, 6.07) is -1.02. The van der Waals surface area contributed by atoms with E-state index in [4.69, 9.17) is 17.3 Å². The molecule has 1 rings (SSSR count). The van der Waals surface area contributed by atoms with E-state index in [1.165, 1.54) is 0 Å². The van der Waals surface area contributed by atoms with Gasteiger partial charge in [-0.1, -0.05) is 11.6 Å². The van der Waals surface area contributed by atoms with Crippen LogP contribution >= 0.6 is 11.6 Å². The number of carbonyl (C=O) groups excluding carboxylic acids is 2. The molecule has 0 aliphatic carbocycles. The van der Waals surface area contributed by atoms with E-state index in [2.05, 4.69) is 5.10 Å². The topological polar surface area (TPSA) is 133 Å². The highest BCUT2D eigenvalue weighted by molar-refractivity contribution is 6.32. The third kappa shape index (κ3) is 2.92. The highest BCUT2D eigenvalue weighted by Crippen LogP contribution is 2.20. The molecule has 0 saturated heterocycles. The molecule has 0 radical (unpaired) electrons. The fourth-order valence-electron chi connectivity index (χ4n) is 0.916. The van der Waals surface area contributed by atoms with Crippen LogP contribution in [0.2, 0.25) is 5.02 Å². The van der Waals surface area contributed by atoms with Gasteiger partial charge in [0.2, 0.25) is 0 Å². The van der Waals surface area contributed by atoms with Gasteiger partial charge in [0.15, 0.2) is 5.02 Å². The Hall–Kier alpha value is -2.16. The smallest absolute Gasteiger partial charge is 0.358 e. The molecule has 0 aliphatic heterocycles. The molecular formula is C6H6ClN5O4. The third-order valence-corrected chi connectivity index (χ3v) is 1.71. The summed E-state index contributed by atoms with van der Waals surface area (Å²) in [6.07, 6.45) is 1.10. The summed E-state index contributed by atoms with van der Waals surface area (Å²) >= 11 is 5.48. The van der Waals surface area contributed by atoms with Crippen molar-refractivity contribution in [1.82, 2.24) is 15.1 Å². The normalized spacial score (nSPS) is 9.81. The third-order valence-electron chi connectivity index (χ3n) is 1.44. The van der Waals surface area contributed by atoms with Crippen LogP contribution in [-0.2, 0) is 11.3 Å². The second-order valence-electron chi connectivity index (χ2n) is 2.67. The van der Waals surface area contributed by atoms with E-state index in [0.29, 0.717) is 0 Å². The van der Waals surface area contributed by atoms with Crippen molar-refractivity contribution < 1.29 is 14.5 Å². The van der Waals surface area contributed by atoms with Gasteiger partial charge in [-0.3, -0.25) is 10.1 Å². The number of nitrogens with one attached hydrogen (secondary N) is 1. The molecule has 0 unspecified atom stereocenters. The molecular weight excluding hydrogens is 242 g/mol. The second kappa shape index (κ2) is 4.57. The zero-order chi connectivity index (χ0) is 12.3. The molecule has 0 saturated carbocycles. The van der Waals surface area contributed by atoms with E-state index < -0.39 is 29.2 Å². The van der Waals surface area contributed by atoms with E-state index in [9.17, 15) is 19.7 Å². The standard InChI is InChI=1S/C6H6ClN5O4/c7-3-1-11(10-5(3)12(15)16)2-4(13)9-6(8)14/h1H,2H2,(H3,8,9,13,14). The molecule has 0 bridgehead atoms. The Kier molecular flexibility index (Phi) is 3.40. The molecule has 1 heterocycles. The number of nitrogens with zero attached hydrogens (tertiary/aromatic N) is 3. The number of hydrogen-bond acceptors (Lipinski definition) is 5. The summed E-state index contributed by atoms with van der Waals surface area (Å²) in [5, 5.41) is 15.4. The van der Waals surface area contributed by atoms with Gasteiger partial charge >= 0.3 is 11.8 Å². The largest absolute Gasteiger partial charge is 0.408 e. The van der Waals surface area contributed by atoms with Crippen molar-refractivity contribution in [2.75, 3.05) is 0 Å². The van der Waals surface area contributed by atoms with Gasteiger partial charge in [-0.25, -0.2) is 4.79 Å². The predicted molar refractivity (Wildman–Crippen MR) is 51.6 cm³/mol. The van der Waals surface area contributed by atoms with Crippen molar-refractivity contribution in [3.8, 4) is 0 Å². The lowest BCUT2D eigenvalue weighted by atomic mass is 10.6. The number of aromatic nitrogens is 2. The number of nitro groups is 1. The molecule has 0 aliphatic rings. The Bertz CT molecular complexity index is 456. The van der Waals surface area contributed by atoms with E-state index in [1.54, 1.807) is 5.32 Å². The van der Waals surface area contributed by atoms with Gasteiger partial charge in [-0.15, -0.1) is 0 Å². The van der Waals surface area contributed by atoms with Gasteiger partial charge in [0.25, 0.3) is 5.91 Å². The molecule has 1 aromatic rings. The lowest BCUT2D eigenvalue weighted by Gasteiger charge is -1.96. The van der Waals surface area contributed by atoms with Crippen molar-refractivity contribution in [2.45, 2.75) is 6.54 Å². The molecule has 0 aromatic carbocycles. The number of carbonyl (C=O) groups is 2. The van der Waals surface area contributed by atoms with E-state index in [0.717, 1.165) is 10.9 Å². The minimum Gasteiger partial charge on any atom is -0.358 e. The second-order valence-corrected chi connectivity index (χ2v) is 3.07. The fraction of sp³-hybridized carbons (Fsp3) is 0.167. The van der Waals surface area contributed by atoms with Crippen molar-refractivity contribution in [3.05, 3.63) is 21.3 Å². The molecule has 1 aromatic heterocycles. The molecule has 0 fully saturated rings. The van der Waals surface area contributed by atoms with Crippen molar-refractivity contribution in [3.63, 3.8) is 0 Å². The predicted octanol–water partition coefficient (Wildman–Crippen LogP) is -0.360. The SMILES string of the molecule is NC(=O)NC(=O)Cn1cc(Cl)c([N+](=O)[O-])n1. The molecule has 0 atom stereocenters. The first kappa shape index (κ1) is 11.9. The molecule has 3 N–H and O–H groups in total. The van der Waals surface area contributed by atoms with Crippen molar-refractivity contribution in [1.29, 1.82) is 0 Å². The number of primary amides is 1. The first-order valence-corrected chi connectivity index (χ1v) is 4.24. The first-order valence-electron chi connectivity index (χ1n) is 3.86. The average molecular weight is 248 g/mol. The summed E-state index contributed by atoms with van der Waals surface area (Å²) in [4.78, 5) is 30.9. The highest BCUT2D eigenvalue weighted by atomic mass is 35.5. The van der Waals surface area contributed by atoms with Crippen molar-refractivity contribution in [2.24, 2.45) is 5.73 Å². The number of rotatable bonds is 3. The highest BCUT2D eigenvalue weighted by Gasteiger charge is 2.20. The van der Waals surface area contributed by atoms with Crippen LogP contribution < -0.4 is 11.1 Å². The molecule has 16 heavy (non-hydrogen) atoms. The Balaban J connectivity index is 2.75. The van der Waals surface area contributed by atoms with Crippen LogP contribution in [0.25, 0.3) is 0 Å². The Morgan fingerprint density at radius 1 is 1.69 bits per heavy atom. The number of nitrogens with two attached hydrogens (primary N) is 1. The summed E-state index contributed by atoms with van der Waals surface area (Å²) in [5.74, 6) is -1.31. The molecule has 9 nitrogen and oxygen atoms in total. The number of imide groups is 1. The maximum atomic E-state index is 11.0. The summed E-state index contributed by atoms with van der Waals surface area (Å²) < 4.78 is 0.929. The van der Waals surface area contributed by atoms with Gasteiger partial charge in [0.05, 0.1) is 11.3 Å². The quantitative estimate of drug-likeness (QED) is 0.556. The Labute approximate surface area is 93.3 Å². The summed E-state index contributed by atoms with van der Waals surface area (Å²) in [6.45, 7) is -0.392. The minimum absolute atomic E-state index is 0.197. The van der Waals surface area contributed by atoms with Crippen LogP contribution in [0.3, 0.4) is 0 Å². The van der Waals surface area contributed by atoms with Crippen LogP contribution in [0.1, 0.15) is 0 Å². The van der Waals surface area contributed by atoms with Gasteiger partial charge in [0.1, 0.15) is 6.54 Å². The molecule has 0 spiro atoms. The van der Waals surface area contributed by atoms with Gasteiger partial charge in [0, 0.05) is 0 Å². The summed E-state index contributed by atoms with van der Waals surface area (Å²) in [5.41, 5.74) is 4.70. The molecule has 86 valence electrons. The van der Waals surface area contributed by atoms with Crippen LogP contribution in [0.5, 0.6) is 0 Å². The number of amides is 3. The van der Waals surface area contributed by atoms with Crippen LogP contribution in [0.15, 0.2) is 6.20 Å². The zero-order valence-electron chi connectivity index (χ0n) is 7.71. The van der Waals surface area contributed by atoms with Gasteiger partial charge < -0.3 is 15.8 Å².